The smallest absolute Gasteiger partial charge is 0.222 e. The second-order valence-electron chi connectivity index (χ2n) is 1.04. The van der Waals surface area contributed by atoms with Gasteiger partial charge in [-0.25, -0.2) is 0 Å². The molecule has 0 fully saturated rings. The minimum absolute atomic E-state index is 0.603. The lowest BCUT2D eigenvalue weighted by molar-refractivity contribution is 0.429. The molecule has 0 aromatic heterocycles. The lowest BCUT2D eigenvalue weighted by Gasteiger charge is -1.96. The maximum Gasteiger partial charge on any atom is 0.222 e. The molecule has 0 aliphatic rings. The number of alkyl halides is 1. The molecule has 0 aromatic rings. The average molecular weight is 124 g/mol. The lowest BCUT2D eigenvalue weighted by atomic mass is 11.8. The van der Waals surface area contributed by atoms with Gasteiger partial charge in [-0.3, -0.25) is 0 Å². The van der Waals surface area contributed by atoms with Crippen molar-refractivity contribution in [2.45, 2.75) is 6.55 Å². The molecule has 0 heterocycles. The molecular weight excluding hydrogens is 116 g/mol. The summed E-state index contributed by atoms with van der Waals surface area (Å²) in [7, 11) is 1.09. The molecular formula is C3H8ClOSi. The summed E-state index contributed by atoms with van der Waals surface area (Å²) in [6.45, 7) is 2.03. The van der Waals surface area contributed by atoms with Crippen molar-refractivity contribution in [3.8, 4) is 0 Å². The van der Waals surface area contributed by atoms with Gasteiger partial charge in [0.05, 0.1) is 0 Å². The molecule has 0 bridgehead atoms. The summed E-state index contributed by atoms with van der Waals surface area (Å²) < 4.78 is 4.87. The molecule has 3 heteroatoms. The Morgan fingerprint density at radius 1 is 1.83 bits per heavy atom. The van der Waals surface area contributed by atoms with Gasteiger partial charge in [0.15, 0.2) is 0 Å². The zero-order valence-electron chi connectivity index (χ0n) is 3.99. The van der Waals surface area contributed by atoms with E-state index in [2.05, 4.69) is 0 Å². The highest BCUT2D eigenvalue weighted by atomic mass is 35.5. The Kier molecular flexibility index (Phi) is 3.93. The molecule has 0 rings (SSSR count). The molecule has 0 aliphatic heterocycles. The second-order valence-corrected chi connectivity index (χ2v) is 3.92. The van der Waals surface area contributed by atoms with E-state index in [1.807, 2.05) is 6.55 Å². The molecule has 0 N–H and O–H groups in total. The van der Waals surface area contributed by atoms with Gasteiger partial charge in [0, 0.05) is 12.6 Å². The van der Waals surface area contributed by atoms with Crippen LogP contribution in [0.2, 0.25) is 6.55 Å². The van der Waals surface area contributed by atoms with Crippen molar-refractivity contribution in [1.82, 2.24) is 0 Å². The number of hydrogen-bond acceptors (Lipinski definition) is 1. The van der Waals surface area contributed by atoms with E-state index < -0.39 is 9.04 Å². The summed E-state index contributed by atoms with van der Waals surface area (Å²) >= 11 is 5.37. The van der Waals surface area contributed by atoms with Crippen molar-refractivity contribution < 1.29 is 4.43 Å². The van der Waals surface area contributed by atoms with E-state index in [0.29, 0.717) is 5.50 Å². The first-order chi connectivity index (χ1) is 2.81. The highest BCUT2D eigenvalue weighted by Gasteiger charge is 1.96. The Labute approximate surface area is 45.0 Å². The summed E-state index contributed by atoms with van der Waals surface area (Å²) in [5, 5.41) is 0. The zero-order chi connectivity index (χ0) is 4.99. The van der Waals surface area contributed by atoms with Crippen molar-refractivity contribution in [3.63, 3.8) is 0 Å². The van der Waals surface area contributed by atoms with Gasteiger partial charge in [-0.2, -0.15) is 0 Å². The van der Waals surface area contributed by atoms with Gasteiger partial charge in [-0.15, -0.1) is 11.6 Å². The van der Waals surface area contributed by atoms with Crippen molar-refractivity contribution in [1.29, 1.82) is 0 Å². The van der Waals surface area contributed by atoms with Crippen LogP contribution in [0, 0.1) is 0 Å². The molecule has 0 saturated carbocycles. The molecule has 0 atom stereocenters. The van der Waals surface area contributed by atoms with Gasteiger partial charge in [0.25, 0.3) is 0 Å². The average Bonchev–Trinajstić information content (AvgIpc) is 1.65. The third kappa shape index (κ3) is 2.69. The van der Waals surface area contributed by atoms with Crippen LogP contribution in [0.15, 0.2) is 0 Å². The molecule has 0 aromatic carbocycles. The minimum atomic E-state index is -0.603. The Balaban J connectivity index is 2.75. The maximum atomic E-state index is 5.37. The molecule has 0 spiro atoms. The Hall–Kier alpha value is 0.467. The topological polar surface area (TPSA) is 9.23 Å². The van der Waals surface area contributed by atoms with E-state index in [4.69, 9.17) is 16.0 Å². The monoisotopic (exact) mass is 123 g/mol. The Morgan fingerprint density at radius 3 is 2.33 bits per heavy atom. The van der Waals surface area contributed by atoms with Crippen LogP contribution in [0.4, 0.5) is 0 Å². The Morgan fingerprint density at radius 2 is 2.33 bits per heavy atom. The van der Waals surface area contributed by atoms with Crippen molar-refractivity contribution in [3.05, 3.63) is 0 Å². The highest BCUT2D eigenvalue weighted by Crippen LogP contribution is 1.83. The van der Waals surface area contributed by atoms with E-state index in [9.17, 15) is 0 Å². The minimum Gasteiger partial charge on any atom is -0.419 e. The quantitative estimate of drug-likeness (QED) is 0.394. The number of hydrogen-bond donors (Lipinski definition) is 0. The van der Waals surface area contributed by atoms with Crippen LogP contribution in [-0.2, 0) is 4.43 Å². The van der Waals surface area contributed by atoms with Crippen LogP contribution in [0.3, 0.4) is 0 Å². The van der Waals surface area contributed by atoms with Gasteiger partial charge in [0.2, 0.25) is 9.04 Å². The largest absolute Gasteiger partial charge is 0.419 e. The molecule has 0 aliphatic carbocycles. The van der Waals surface area contributed by atoms with Crippen LogP contribution >= 0.6 is 11.6 Å². The summed E-state index contributed by atoms with van der Waals surface area (Å²) in [5.41, 5.74) is 0.682. The Bertz CT molecular complexity index is 30.0. The molecule has 0 unspecified atom stereocenters. The van der Waals surface area contributed by atoms with E-state index >= 15 is 0 Å². The lowest BCUT2D eigenvalue weighted by Crippen LogP contribution is -2.11. The first-order valence-corrected chi connectivity index (χ1v) is 4.38. The summed E-state index contributed by atoms with van der Waals surface area (Å²) in [5.74, 6) is 0. The van der Waals surface area contributed by atoms with Crippen molar-refractivity contribution in [2.24, 2.45) is 0 Å². The van der Waals surface area contributed by atoms with Gasteiger partial charge in [-0.05, 0) is 6.55 Å². The predicted octanol–water partition coefficient (Wildman–Crippen LogP) is 1.03. The number of halogens is 1. The maximum absolute atomic E-state index is 5.37. The molecule has 1 nitrogen and oxygen atoms in total. The van der Waals surface area contributed by atoms with E-state index in [-0.39, 0.29) is 0 Å². The van der Waals surface area contributed by atoms with Crippen molar-refractivity contribution in [2.75, 3.05) is 12.6 Å². The van der Waals surface area contributed by atoms with Crippen LogP contribution in [0.25, 0.3) is 0 Å². The fourth-order valence-corrected chi connectivity index (χ4v) is 0.491. The second kappa shape index (κ2) is 3.65. The molecule has 37 valence electrons. The fraction of sp³-hybridized carbons (Fsp3) is 1.00. The first-order valence-electron chi connectivity index (χ1n) is 1.73. The van der Waals surface area contributed by atoms with Gasteiger partial charge in [0.1, 0.15) is 0 Å². The van der Waals surface area contributed by atoms with E-state index in [1.54, 1.807) is 7.11 Å². The summed E-state index contributed by atoms with van der Waals surface area (Å²) in [6.07, 6.45) is 0. The van der Waals surface area contributed by atoms with Crippen molar-refractivity contribution >= 4 is 20.6 Å². The van der Waals surface area contributed by atoms with Gasteiger partial charge < -0.3 is 4.43 Å². The number of rotatable bonds is 2. The zero-order valence-corrected chi connectivity index (χ0v) is 5.75. The fourth-order valence-electron chi connectivity index (χ4n) is 0.0546. The van der Waals surface area contributed by atoms with E-state index in [0.717, 1.165) is 0 Å². The molecule has 0 amide bonds. The molecule has 0 saturated heterocycles. The SMILES string of the molecule is CO[Si](C)CCl. The normalized spacial score (nSPS) is 10.0. The van der Waals surface area contributed by atoms with E-state index in [1.165, 1.54) is 0 Å². The van der Waals surface area contributed by atoms with Crippen LogP contribution < -0.4 is 0 Å². The van der Waals surface area contributed by atoms with Gasteiger partial charge in [-0.1, -0.05) is 0 Å². The molecule has 6 heavy (non-hydrogen) atoms. The molecule has 1 radical (unpaired) electrons. The van der Waals surface area contributed by atoms with Crippen LogP contribution in [0.1, 0.15) is 0 Å². The van der Waals surface area contributed by atoms with Crippen LogP contribution in [-0.4, -0.2) is 21.7 Å². The highest BCUT2D eigenvalue weighted by molar-refractivity contribution is 6.60. The predicted molar refractivity (Wildman–Crippen MR) is 29.3 cm³/mol. The first kappa shape index (κ1) is 6.47. The third-order valence-corrected chi connectivity index (χ3v) is 2.74. The van der Waals surface area contributed by atoms with Crippen LogP contribution in [0.5, 0.6) is 0 Å². The standard InChI is InChI=1S/C3H8ClOSi/c1-5-6(2)3-4/h3H2,1-2H3. The van der Waals surface area contributed by atoms with Gasteiger partial charge >= 0.3 is 0 Å². The summed E-state index contributed by atoms with van der Waals surface area (Å²) in [6, 6.07) is 0. The third-order valence-electron chi connectivity index (χ3n) is 0.537. The summed E-state index contributed by atoms with van der Waals surface area (Å²) in [4.78, 5) is 0.